The van der Waals surface area contributed by atoms with Crippen LogP contribution in [0.4, 0.5) is 0 Å². The lowest BCUT2D eigenvalue weighted by atomic mass is 9.92. The fraction of sp³-hybridized carbons (Fsp3) is 0.167. The van der Waals surface area contributed by atoms with Crippen molar-refractivity contribution in [2.75, 3.05) is 27.9 Å². The second-order valence-corrected chi connectivity index (χ2v) is 12.8. The molecule has 1 aliphatic heterocycles. The number of hydrogen-bond acceptors (Lipinski definition) is 13. The lowest BCUT2D eigenvalue weighted by Gasteiger charge is -2.27. The maximum atomic E-state index is 14.4. The number of benzene rings is 3. The Kier molecular flexibility index (Phi) is 9.55. The smallest absolute Gasteiger partial charge is 0.338 e. The number of thiazole rings is 1. The van der Waals surface area contributed by atoms with Gasteiger partial charge in [0.2, 0.25) is 10.9 Å². The predicted octanol–water partition coefficient (Wildman–Crippen LogP) is 4.68. The fourth-order valence-electron chi connectivity index (χ4n) is 5.67. The van der Waals surface area contributed by atoms with E-state index in [1.54, 1.807) is 41.9 Å². The highest BCUT2D eigenvalue weighted by molar-refractivity contribution is 7.99. The molecule has 1 atom stereocenters. The Morgan fingerprint density at radius 3 is 2.33 bits per heavy atom. The minimum absolute atomic E-state index is 0.118. The highest BCUT2D eigenvalue weighted by Gasteiger charge is 2.36. The summed E-state index contributed by atoms with van der Waals surface area (Å²) in [6, 6.07) is 24.8. The number of aromatic nitrogens is 5. The second kappa shape index (κ2) is 14.5. The topological polar surface area (TPSA) is 145 Å². The third-order valence-electron chi connectivity index (χ3n) is 7.89. The predicted molar refractivity (Wildman–Crippen MR) is 189 cm³/mol. The van der Waals surface area contributed by atoms with Crippen LogP contribution in [-0.4, -0.2) is 58.7 Å². The summed E-state index contributed by atoms with van der Waals surface area (Å²) < 4.78 is 32.0. The van der Waals surface area contributed by atoms with Crippen molar-refractivity contribution in [3.8, 4) is 22.9 Å². The van der Waals surface area contributed by atoms with E-state index in [9.17, 15) is 9.59 Å². The average Bonchev–Trinajstić information content (AvgIpc) is 3.90. The van der Waals surface area contributed by atoms with Gasteiger partial charge in [-0.1, -0.05) is 59.9 Å². The van der Waals surface area contributed by atoms with Crippen LogP contribution in [0.25, 0.3) is 17.5 Å². The summed E-state index contributed by atoms with van der Waals surface area (Å²) in [7, 11) is 4.51. The third kappa shape index (κ3) is 6.44. The van der Waals surface area contributed by atoms with Crippen molar-refractivity contribution in [1.82, 2.24) is 24.8 Å². The number of furan rings is 1. The third-order valence-corrected chi connectivity index (χ3v) is 9.73. The lowest BCUT2D eigenvalue weighted by molar-refractivity contribution is -0.138. The zero-order valence-corrected chi connectivity index (χ0v) is 29.4. The molecule has 0 saturated carbocycles. The monoisotopic (exact) mass is 722 g/mol. The molecule has 0 fully saturated rings. The molecule has 4 heterocycles. The molecule has 0 bridgehead atoms. The van der Waals surface area contributed by atoms with Crippen molar-refractivity contribution in [2.45, 2.75) is 23.2 Å². The van der Waals surface area contributed by atoms with Crippen LogP contribution in [0.5, 0.6) is 17.2 Å². The molecule has 6 aromatic rings. The van der Waals surface area contributed by atoms with Gasteiger partial charge >= 0.3 is 5.97 Å². The number of ether oxygens (including phenoxy) is 4. The number of carbonyl (C=O) groups excluding carboxylic acids is 1. The SMILES string of the molecule is CCOC(=O)C1=C(c2ccccc2)N=c2s/c(=C\c3ccc(Sc4nnnn4-c4ccccc4)o3)c(=O)n2[C@@H]1c1cc(OC)c(OC)c(OC)c1. The normalized spacial score (nSPS) is 14.2. The number of methoxy groups -OCH3 is 3. The molecule has 1 aliphatic rings. The van der Waals surface area contributed by atoms with Crippen molar-refractivity contribution in [3.05, 3.63) is 127 Å². The van der Waals surface area contributed by atoms with E-state index >= 15 is 0 Å². The number of hydrogen-bond donors (Lipinski definition) is 0. The second-order valence-electron chi connectivity index (χ2n) is 10.9. The van der Waals surface area contributed by atoms with Gasteiger partial charge in [-0.2, -0.15) is 4.68 Å². The number of tetrazole rings is 1. The highest BCUT2D eigenvalue weighted by atomic mass is 32.2. The number of para-hydroxylation sites is 1. The molecule has 15 heteroatoms. The van der Waals surface area contributed by atoms with Gasteiger partial charge in [0.15, 0.2) is 21.4 Å². The fourth-order valence-corrected chi connectivity index (χ4v) is 7.42. The van der Waals surface area contributed by atoms with Crippen LogP contribution in [0.1, 0.15) is 29.9 Å². The molecule has 0 radical (unpaired) electrons. The van der Waals surface area contributed by atoms with Crippen LogP contribution in [-0.2, 0) is 9.53 Å². The van der Waals surface area contributed by atoms with Crippen LogP contribution in [0.2, 0.25) is 0 Å². The minimum Gasteiger partial charge on any atom is -0.493 e. The maximum absolute atomic E-state index is 14.4. The lowest BCUT2D eigenvalue weighted by Crippen LogP contribution is -2.40. The molecule has 0 aliphatic carbocycles. The minimum atomic E-state index is -0.967. The molecule has 3 aromatic heterocycles. The van der Waals surface area contributed by atoms with Gasteiger partial charge in [-0.05, 0) is 71.1 Å². The van der Waals surface area contributed by atoms with E-state index in [4.69, 9.17) is 28.4 Å². The Morgan fingerprint density at radius 2 is 1.67 bits per heavy atom. The highest BCUT2D eigenvalue weighted by Crippen LogP contribution is 2.43. The van der Waals surface area contributed by atoms with E-state index in [-0.39, 0.29) is 17.7 Å². The van der Waals surface area contributed by atoms with Gasteiger partial charge < -0.3 is 23.4 Å². The summed E-state index contributed by atoms with van der Waals surface area (Å²) in [5.74, 6) is 0.895. The summed E-state index contributed by atoms with van der Waals surface area (Å²) in [5.41, 5.74) is 2.19. The molecule has 51 heavy (non-hydrogen) atoms. The van der Waals surface area contributed by atoms with E-state index in [1.165, 1.54) is 49.0 Å². The molecule has 0 saturated heterocycles. The number of rotatable bonds is 11. The summed E-state index contributed by atoms with van der Waals surface area (Å²) in [6.07, 6.45) is 1.65. The Balaban J connectivity index is 1.37. The standard InChI is InChI=1S/C36H30N6O7S2/c1-5-48-34(44)29-30(21-12-8-6-9-13-21)37-35-41(31(29)22-18-25(45-2)32(47-4)26(19-22)46-3)33(43)27(50-35)20-24-16-17-28(49-24)51-36-38-39-40-42(36)23-14-10-7-11-15-23/h6-20,31H,5H2,1-4H3/b27-20-/t31-/m1/s1. The molecular formula is C36H30N6O7S2. The number of fused-ring (bicyclic) bond motifs is 1. The van der Waals surface area contributed by atoms with E-state index in [1.807, 2.05) is 60.7 Å². The Hall–Kier alpha value is -5.93. The molecule has 0 unspecified atom stereocenters. The van der Waals surface area contributed by atoms with Gasteiger partial charge in [-0.15, -0.1) is 5.10 Å². The molecule has 3 aromatic carbocycles. The average molecular weight is 723 g/mol. The van der Waals surface area contributed by atoms with E-state index in [0.717, 1.165) is 5.69 Å². The summed E-state index contributed by atoms with van der Waals surface area (Å²) in [5, 5.41) is 13.1. The van der Waals surface area contributed by atoms with Crippen LogP contribution in [0.3, 0.4) is 0 Å². The molecule has 258 valence electrons. The van der Waals surface area contributed by atoms with E-state index in [0.29, 0.717) is 59.4 Å². The number of nitrogens with zero attached hydrogens (tertiary/aromatic N) is 6. The van der Waals surface area contributed by atoms with Crippen LogP contribution < -0.4 is 29.1 Å². The zero-order chi connectivity index (χ0) is 35.5. The first-order valence-electron chi connectivity index (χ1n) is 15.6. The van der Waals surface area contributed by atoms with Crippen molar-refractivity contribution >= 4 is 40.8 Å². The Bertz CT molecular complexity index is 2410. The first kappa shape index (κ1) is 33.6. The Labute approximate surface area is 299 Å². The molecule has 13 nitrogen and oxygen atoms in total. The van der Waals surface area contributed by atoms with Crippen molar-refractivity contribution in [3.63, 3.8) is 0 Å². The first-order chi connectivity index (χ1) is 24.9. The van der Waals surface area contributed by atoms with Gasteiger partial charge in [0.1, 0.15) is 5.76 Å². The van der Waals surface area contributed by atoms with Gasteiger partial charge in [0.25, 0.3) is 5.56 Å². The van der Waals surface area contributed by atoms with Crippen molar-refractivity contribution in [2.24, 2.45) is 4.99 Å². The summed E-state index contributed by atoms with van der Waals surface area (Å²) in [6.45, 7) is 1.84. The largest absolute Gasteiger partial charge is 0.493 e. The van der Waals surface area contributed by atoms with Gasteiger partial charge in [0, 0.05) is 11.6 Å². The van der Waals surface area contributed by atoms with Crippen molar-refractivity contribution in [1.29, 1.82) is 0 Å². The molecule has 0 amide bonds. The molecular weight excluding hydrogens is 693 g/mol. The van der Waals surface area contributed by atoms with Crippen LogP contribution in [0.15, 0.2) is 115 Å². The molecule has 0 N–H and O–H groups in total. The number of carbonyl (C=O) groups is 1. The summed E-state index contributed by atoms with van der Waals surface area (Å²) in [4.78, 5) is 33.6. The van der Waals surface area contributed by atoms with Crippen LogP contribution in [0, 0.1) is 0 Å². The molecule has 0 spiro atoms. The Morgan fingerprint density at radius 1 is 0.961 bits per heavy atom. The van der Waals surface area contributed by atoms with Gasteiger partial charge in [-0.3, -0.25) is 9.36 Å². The van der Waals surface area contributed by atoms with Crippen LogP contribution >= 0.6 is 23.1 Å². The van der Waals surface area contributed by atoms with Gasteiger partial charge in [0.05, 0.1) is 55.5 Å². The maximum Gasteiger partial charge on any atom is 0.338 e. The van der Waals surface area contributed by atoms with Gasteiger partial charge in [-0.25, -0.2) is 9.79 Å². The first-order valence-corrected chi connectivity index (χ1v) is 17.3. The quantitative estimate of drug-likeness (QED) is 0.172. The number of esters is 1. The van der Waals surface area contributed by atoms with E-state index < -0.39 is 12.0 Å². The zero-order valence-electron chi connectivity index (χ0n) is 27.8. The summed E-state index contributed by atoms with van der Waals surface area (Å²) >= 11 is 2.42. The van der Waals surface area contributed by atoms with E-state index in [2.05, 4.69) is 15.5 Å². The van der Waals surface area contributed by atoms with Crippen molar-refractivity contribution < 1.29 is 28.2 Å². The molecule has 7 rings (SSSR count).